The molecule has 33 heavy (non-hydrogen) atoms. The second kappa shape index (κ2) is 11.2. The third-order valence-corrected chi connectivity index (χ3v) is 6.16. The Morgan fingerprint density at radius 1 is 1.24 bits per heavy atom. The molecule has 3 aromatic rings. The first-order chi connectivity index (χ1) is 15.8. The highest BCUT2D eigenvalue weighted by Gasteiger charge is 2.26. The first kappa shape index (κ1) is 24.6. The number of thioether (sulfide) groups is 1. The molecule has 0 radical (unpaired) electrons. The van der Waals surface area contributed by atoms with Crippen LogP contribution in [0.4, 0.5) is 0 Å². The summed E-state index contributed by atoms with van der Waals surface area (Å²) in [7, 11) is 0. The van der Waals surface area contributed by atoms with Gasteiger partial charge in [0.05, 0.1) is 11.6 Å². The maximum atomic E-state index is 11.5. The molecule has 8 nitrogen and oxygen atoms in total. The van der Waals surface area contributed by atoms with E-state index < -0.39 is 5.25 Å². The van der Waals surface area contributed by atoms with Gasteiger partial charge in [0.1, 0.15) is 17.7 Å². The molecule has 174 valence electrons. The molecule has 2 aromatic carbocycles. The Labute approximate surface area is 201 Å². The van der Waals surface area contributed by atoms with Crippen LogP contribution in [0.1, 0.15) is 29.1 Å². The van der Waals surface area contributed by atoms with E-state index in [-0.39, 0.29) is 18.1 Å². The Morgan fingerprint density at radius 3 is 2.61 bits per heavy atom. The molecule has 0 bridgehead atoms. The summed E-state index contributed by atoms with van der Waals surface area (Å²) in [5, 5.41) is 20.3. The molecule has 0 N–H and O–H groups in total. The van der Waals surface area contributed by atoms with Crippen molar-refractivity contribution in [1.29, 1.82) is 0 Å². The van der Waals surface area contributed by atoms with Crippen molar-refractivity contribution >= 4 is 23.4 Å². The molecule has 0 aliphatic carbocycles. The highest BCUT2D eigenvalue weighted by Crippen LogP contribution is 2.43. The van der Waals surface area contributed by atoms with E-state index in [1.54, 1.807) is 18.2 Å². The molecule has 1 atom stereocenters. The number of hydrogen-bond donors (Lipinski definition) is 0. The van der Waals surface area contributed by atoms with Gasteiger partial charge in [-0.1, -0.05) is 53.7 Å². The molecule has 10 heteroatoms. The van der Waals surface area contributed by atoms with E-state index in [1.165, 1.54) is 11.8 Å². The molecule has 1 aromatic heterocycles. The zero-order valence-corrected chi connectivity index (χ0v) is 20.2. The van der Waals surface area contributed by atoms with Gasteiger partial charge < -0.3 is 9.47 Å². The smallest absolute Gasteiger partial charge is 0.220 e. The molecule has 0 saturated carbocycles. The van der Waals surface area contributed by atoms with Crippen LogP contribution in [-0.4, -0.2) is 39.4 Å². The zero-order valence-electron chi connectivity index (χ0n) is 18.7. The molecule has 0 aliphatic rings. The normalized spacial score (nSPS) is 11.8. The van der Waals surface area contributed by atoms with Crippen molar-refractivity contribution in [1.82, 2.24) is 14.8 Å². The molecule has 3 rings (SSSR count). The van der Waals surface area contributed by atoms with Crippen molar-refractivity contribution in [2.45, 2.75) is 31.2 Å². The summed E-state index contributed by atoms with van der Waals surface area (Å²) in [6.45, 7) is 9.64. The molecular formula is C23H25ClN4O4S. The number of ether oxygens (including phenoxy) is 2. The van der Waals surface area contributed by atoms with Crippen molar-refractivity contribution in [3.63, 3.8) is 0 Å². The van der Waals surface area contributed by atoms with Crippen molar-refractivity contribution in [2.75, 3.05) is 19.8 Å². The molecule has 0 amide bonds. The second-order valence-corrected chi connectivity index (χ2v) is 8.76. The SMILES string of the molecule is C=CCOc1c(Cl)cc([C@H](C[N+](=O)[O-])Sc2nnc(C)n2-c2ccc(C)cc2)cc1OCC. The lowest BCUT2D eigenvalue weighted by molar-refractivity contribution is -0.479. The van der Waals surface area contributed by atoms with Gasteiger partial charge in [-0.25, -0.2) is 0 Å². The Hall–Kier alpha value is -3.04. The molecular weight excluding hydrogens is 464 g/mol. The van der Waals surface area contributed by atoms with Gasteiger partial charge in [0.15, 0.2) is 16.7 Å². The van der Waals surface area contributed by atoms with Crippen LogP contribution in [-0.2, 0) is 0 Å². The van der Waals surface area contributed by atoms with Gasteiger partial charge in [0.2, 0.25) is 6.54 Å². The lowest BCUT2D eigenvalue weighted by atomic mass is 10.1. The number of nitro groups is 1. The molecule has 0 fully saturated rings. The first-order valence-electron chi connectivity index (χ1n) is 10.3. The summed E-state index contributed by atoms with van der Waals surface area (Å²) in [5.74, 6) is 1.49. The minimum atomic E-state index is -0.585. The third-order valence-electron chi connectivity index (χ3n) is 4.70. The largest absolute Gasteiger partial charge is 0.490 e. The number of halogens is 1. The topological polar surface area (TPSA) is 92.3 Å². The predicted molar refractivity (Wildman–Crippen MR) is 130 cm³/mol. The minimum absolute atomic E-state index is 0.255. The Morgan fingerprint density at radius 2 is 1.97 bits per heavy atom. The molecule has 0 spiro atoms. The average Bonchev–Trinajstić information content (AvgIpc) is 3.13. The van der Waals surface area contributed by atoms with Crippen LogP contribution in [0.3, 0.4) is 0 Å². The Kier molecular flexibility index (Phi) is 8.35. The Bertz CT molecular complexity index is 1130. The fraction of sp³-hybridized carbons (Fsp3) is 0.304. The van der Waals surface area contributed by atoms with Crippen LogP contribution >= 0.6 is 23.4 Å². The van der Waals surface area contributed by atoms with E-state index in [9.17, 15) is 10.1 Å². The second-order valence-electron chi connectivity index (χ2n) is 7.19. The highest BCUT2D eigenvalue weighted by molar-refractivity contribution is 7.99. The number of aryl methyl sites for hydroxylation is 2. The first-order valence-corrected chi connectivity index (χ1v) is 11.6. The fourth-order valence-electron chi connectivity index (χ4n) is 3.20. The van der Waals surface area contributed by atoms with E-state index in [2.05, 4.69) is 16.8 Å². The number of nitrogens with zero attached hydrogens (tertiary/aromatic N) is 4. The summed E-state index contributed by atoms with van der Waals surface area (Å²) >= 11 is 7.74. The maximum Gasteiger partial charge on any atom is 0.220 e. The quantitative estimate of drug-likeness (QED) is 0.150. The van der Waals surface area contributed by atoms with Crippen molar-refractivity contribution < 1.29 is 14.4 Å². The van der Waals surface area contributed by atoms with Crippen LogP contribution in [0, 0.1) is 24.0 Å². The van der Waals surface area contributed by atoms with Gasteiger partial charge in [-0.2, -0.15) is 0 Å². The summed E-state index contributed by atoms with van der Waals surface area (Å²) in [4.78, 5) is 11.2. The lowest BCUT2D eigenvalue weighted by Gasteiger charge is -2.18. The summed E-state index contributed by atoms with van der Waals surface area (Å²) < 4.78 is 13.2. The lowest BCUT2D eigenvalue weighted by Crippen LogP contribution is -2.12. The van der Waals surface area contributed by atoms with Gasteiger partial charge >= 0.3 is 0 Å². The standard InChI is InChI=1S/C23H25ClN4O4S/c1-5-11-32-22-19(24)12-17(13-20(22)31-6-2)21(14-27(29)30)33-23-26-25-16(4)28(23)18-9-7-15(3)8-10-18/h5,7-10,12-13,21H,1,6,11,14H2,2-4H3/t21-/m0/s1. The fourth-order valence-corrected chi connectivity index (χ4v) is 4.63. The Balaban J connectivity index is 2.02. The molecule has 0 aliphatic heterocycles. The van der Waals surface area contributed by atoms with Gasteiger partial charge in [-0.15, -0.1) is 10.2 Å². The zero-order chi connectivity index (χ0) is 24.0. The van der Waals surface area contributed by atoms with Gasteiger partial charge in [-0.3, -0.25) is 14.7 Å². The van der Waals surface area contributed by atoms with E-state index in [1.807, 2.05) is 49.6 Å². The summed E-state index contributed by atoms with van der Waals surface area (Å²) in [5.41, 5.74) is 2.64. The monoisotopic (exact) mass is 488 g/mol. The van der Waals surface area contributed by atoms with Crippen LogP contribution in [0.25, 0.3) is 5.69 Å². The molecule has 0 unspecified atom stereocenters. The van der Waals surface area contributed by atoms with E-state index in [0.29, 0.717) is 39.7 Å². The van der Waals surface area contributed by atoms with Crippen LogP contribution in [0.15, 0.2) is 54.2 Å². The van der Waals surface area contributed by atoms with Crippen LogP contribution in [0.5, 0.6) is 11.5 Å². The average molecular weight is 489 g/mol. The highest BCUT2D eigenvalue weighted by atomic mass is 35.5. The summed E-state index contributed by atoms with van der Waals surface area (Å²) in [6.07, 6.45) is 1.60. The van der Waals surface area contributed by atoms with E-state index >= 15 is 0 Å². The van der Waals surface area contributed by atoms with Gasteiger partial charge in [0.25, 0.3) is 0 Å². The van der Waals surface area contributed by atoms with Crippen LogP contribution < -0.4 is 9.47 Å². The number of aromatic nitrogens is 3. The van der Waals surface area contributed by atoms with Crippen molar-refractivity contribution in [2.24, 2.45) is 0 Å². The van der Waals surface area contributed by atoms with E-state index in [4.69, 9.17) is 21.1 Å². The molecule has 1 heterocycles. The van der Waals surface area contributed by atoms with Gasteiger partial charge in [0, 0.05) is 10.6 Å². The maximum absolute atomic E-state index is 11.5. The number of benzene rings is 2. The van der Waals surface area contributed by atoms with Crippen molar-refractivity contribution in [3.8, 4) is 17.2 Å². The third kappa shape index (κ3) is 6.06. The molecule has 0 saturated heterocycles. The number of hydrogen-bond acceptors (Lipinski definition) is 7. The van der Waals surface area contributed by atoms with Gasteiger partial charge in [-0.05, 0) is 50.6 Å². The predicted octanol–water partition coefficient (Wildman–Crippen LogP) is 5.61. The number of rotatable bonds is 11. The van der Waals surface area contributed by atoms with E-state index in [0.717, 1.165) is 11.3 Å². The minimum Gasteiger partial charge on any atom is -0.490 e. The van der Waals surface area contributed by atoms with Crippen LogP contribution in [0.2, 0.25) is 5.02 Å². The summed E-state index contributed by atoms with van der Waals surface area (Å²) in [6, 6.07) is 11.3. The van der Waals surface area contributed by atoms with Crippen molar-refractivity contribution in [3.05, 3.63) is 81.1 Å².